The van der Waals surface area contributed by atoms with Crippen LogP contribution < -0.4 is 5.73 Å². The van der Waals surface area contributed by atoms with Crippen molar-refractivity contribution in [2.75, 3.05) is 13.1 Å². The standard InChI is InChI=1S/C17H19FN2O/c18-16-10-12(2-1-9-19)5-8-15(16)17(21)20(14-6-7-14)11-13-3-4-13/h5,8,10,13-14H,3-4,6-7,9,11,19H2. The highest BCUT2D eigenvalue weighted by atomic mass is 19.1. The summed E-state index contributed by atoms with van der Waals surface area (Å²) >= 11 is 0. The van der Waals surface area contributed by atoms with Crippen LogP contribution in [0.1, 0.15) is 41.6 Å². The second-order valence-corrected chi connectivity index (χ2v) is 5.83. The van der Waals surface area contributed by atoms with Gasteiger partial charge >= 0.3 is 0 Å². The highest BCUT2D eigenvalue weighted by Crippen LogP contribution is 2.35. The molecule has 1 aromatic carbocycles. The molecule has 0 spiro atoms. The lowest BCUT2D eigenvalue weighted by molar-refractivity contribution is 0.0730. The Balaban J connectivity index is 1.79. The molecule has 0 radical (unpaired) electrons. The van der Waals surface area contributed by atoms with E-state index in [0.717, 1.165) is 19.4 Å². The first-order valence-corrected chi connectivity index (χ1v) is 7.48. The first-order valence-electron chi connectivity index (χ1n) is 7.48. The van der Waals surface area contributed by atoms with E-state index in [1.54, 1.807) is 12.1 Å². The van der Waals surface area contributed by atoms with Crippen LogP contribution in [0.15, 0.2) is 18.2 Å². The molecule has 2 N–H and O–H groups in total. The van der Waals surface area contributed by atoms with Crippen molar-refractivity contribution in [1.29, 1.82) is 0 Å². The second kappa shape index (κ2) is 5.87. The highest BCUT2D eigenvalue weighted by Gasteiger charge is 2.37. The molecular weight excluding hydrogens is 267 g/mol. The summed E-state index contributed by atoms with van der Waals surface area (Å²) < 4.78 is 14.2. The minimum atomic E-state index is -0.495. The van der Waals surface area contributed by atoms with Crippen molar-refractivity contribution in [2.24, 2.45) is 11.7 Å². The topological polar surface area (TPSA) is 46.3 Å². The van der Waals surface area contributed by atoms with Crippen molar-refractivity contribution in [3.63, 3.8) is 0 Å². The monoisotopic (exact) mass is 286 g/mol. The number of carbonyl (C=O) groups is 1. The van der Waals surface area contributed by atoms with E-state index >= 15 is 0 Å². The van der Waals surface area contributed by atoms with Gasteiger partial charge < -0.3 is 10.6 Å². The normalized spacial score (nSPS) is 17.0. The van der Waals surface area contributed by atoms with Gasteiger partial charge in [0.2, 0.25) is 0 Å². The first-order chi connectivity index (χ1) is 10.2. The molecule has 0 saturated heterocycles. The number of nitrogens with zero attached hydrogens (tertiary/aromatic N) is 1. The highest BCUT2D eigenvalue weighted by molar-refractivity contribution is 5.95. The van der Waals surface area contributed by atoms with Crippen molar-refractivity contribution >= 4 is 5.91 Å². The maximum absolute atomic E-state index is 14.2. The Bertz CT molecular complexity index is 609. The van der Waals surface area contributed by atoms with Crippen molar-refractivity contribution < 1.29 is 9.18 Å². The lowest BCUT2D eigenvalue weighted by Crippen LogP contribution is -2.35. The number of nitrogens with two attached hydrogens (primary N) is 1. The van der Waals surface area contributed by atoms with Gasteiger partial charge in [-0.15, -0.1) is 0 Å². The van der Waals surface area contributed by atoms with Crippen LogP contribution in [0.2, 0.25) is 0 Å². The van der Waals surface area contributed by atoms with Crippen LogP contribution in [0.3, 0.4) is 0 Å². The molecule has 0 aliphatic heterocycles. The van der Waals surface area contributed by atoms with Gasteiger partial charge in [0, 0.05) is 18.2 Å². The minimum Gasteiger partial charge on any atom is -0.335 e. The Kier molecular flexibility index (Phi) is 3.94. The SMILES string of the molecule is NCC#Cc1ccc(C(=O)N(CC2CC2)C2CC2)c(F)c1. The fourth-order valence-corrected chi connectivity index (χ4v) is 2.44. The van der Waals surface area contributed by atoms with Gasteiger partial charge in [0.05, 0.1) is 12.1 Å². The third kappa shape index (κ3) is 3.43. The predicted molar refractivity (Wildman–Crippen MR) is 79.1 cm³/mol. The zero-order valence-electron chi connectivity index (χ0n) is 11.9. The molecule has 3 nitrogen and oxygen atoms in total. The van der Waals surface area contributed by atoms with Crippen molar-refractivity contribution in [2.45, 2.75) is 31.7 Å². The third-order valence-corrected chi connectivity index (χ3v) is 3.93. The molecule has 2 saturated carbocycles. The van der Waals surface area contributed by atoms with E-state index < -0.39 is 5.82 Å². The van der Waals surface area contributed by atoms with Crippen molar-refractivity contribution in [1.82, 2.24) is 4.90 Å². The number of benzene rings is 1. The number of rotatable bonds is 4. The quantitative estimate of drug-likeness (QED) is 0.862. The number of amides is 1. The molecule has 0 atom stereocenters. The van der Waals surface area contributed by atoms with Crippen LogP contribution in [0.5, 0.6) is 0 Å². The minimum absolute atomic E-state index is 0.154. The lowest BCUT2D eigenvalue weighted by atomic mass is 10.1. The largest absolute Gasteiger partial charge is 0.335 e. The van der Waals surface area contributed by atoms with Crippen LogP contribution in [0, 0.1) is 23.6 Å². The Morgan fingerprint density at radius 2 is 2.10 bits per heavy atom. The van der Waals surface area contributed by atoms with Crippen molar-refractivity contribution in [3.05, 3.63) is 35.1 Å². The molecule has 0 bridgehead atoms. The molecule has 1 amide bonds. The first kappa shape index (κ1) is 14.1. The molecule has 1 aromatic rings. The summed E-state index contributed by atoms with van der Waals surface area (Å²) in [5, 5.41) is 0. The van der Waals surface area contributed by atoms with Crippen LogP contribution >= 0.6 is 0 Å². The summed E-state index contributed by atoms with van der Waals surface area (Å²) in [6.07, 6.45) is 4.46. The summed E-state index contributed by atoms with van der Waals surface area (Å²) in [6, 6.07) is 4.86. The van der Waals surface area contributed by atoms with Gasteiger partial charge in [-0.25, -0.2) is 4.39 Å². The Morgan fingerprint density at radius 3 is 2.67 bits per heavy atom. The molecule has 2 fully saturated rings. The maximum atomic E-state index is 14.2. The van der Waals surface area contributed by atoms with Crippen LogP contribution in [0.4, 0.5) is 4.39 Å². The smallest absolute Gasteiger partial charge is 0.257 e. The second-order valence-electron chi connectivity index (χ2n) is 5.83. The van der Waals surface area contributed by atoms with Gasteiger partial charge in [0.1, 0.15) is 5.82 Å². The van der Waals surface area contributed by atoms with E-state index in [9.17, 15) is 9.18 Å². The zero-order valence-corrected chi connectivity index (χ0v) is 11.9. The Labute approximate surface area is 124 Å². The fourth-order valence-electron chi connectivity index (χ4n) is 2.44. The average molecular weight is 286 g/mol. The molecule has 4 heteroatoms. The molecule has 3 rings (SSSR count). The Hall–Kier alpha value is -1.86. The van der Waals surface area contributed by atoms with E-state index in [1.165, 1.54) is 18.9 Å². The summed E-state index contributed by atoms with van der Waals surface area (Å²) in [6.45, 7) is 1.01. The number of hydrogen-bond acceptors (Lipinski definition) is 2. The van der Waals surface area contributed by atoms with E-state index in [1.807, 2.05) is 4.90 Å². The average Bonchev–Trinajstić information content (AvgIpc) is 3.35. The summed E-state index contributed by atoms with van der Waals surface area (Å²) in [7, 11) is 0. The van der Waals surface area contributed by atoms with E-state index in [2.05, 4.69) is 11.8 Å². The summed E-state index contributed by atoms with van der Waals surface area (Å²) in [5.41, 5.74) is 6.00. The molecule has 0 aromatic heterocycles. The maximum Gasteiger partial charge on any atom is 0.257 e. The number of halogens is 1. The van der Waals surface area contributed by atoms with Crippen LogP contribution in [0.25, 0.3) is 0 Å². The van der Waals surface area contributed by atoms with E-state index in [0.29, 0.717) is 17.5 Å². The Morgan fingerprint density at radius 1 is 1.33 bits per heavy atom. The van der Waals surface area contributed by atoms with Crippen molar-refractivity contribution in [3.8, 4) is 11.8 Å². The fraction of sp³-hybridized carbons (Fsp3) is 0.471. The molecule has 0 heterocycles. The van der Waals surface area contributed by atoms with Gasteiger partial charge in [-0.05, 0) is 49.8 Å². The van der Waals surface area contributed by atoms with Gasteiger partial charge in [0.15, 0.2) is 0 Å². The van der Waals surface area contributed by atoms with Crippen LogP contribution in [-0.4, -0.2) is 29.9 Å². The predicted octanol–water partition coefficient (Wildman–Crippen LogP) is 2.15. The lowest BCUT2D eigenvalue weighted by Gasteiger charge is -2.22. The number of hydrogen-bond donors (Lipinski definition) is 1. The molecule has 2 aliphatic rings. The number of carbonyl (C=O) groups excluding carboxylic acids is 1. The molecule has 0 unspecified atom stereocenters. The molecule has 110 valence electrons. The van der Waals surface area contributed by atoms with Gasteiger partial charge in [0.25, 0.3) is 5.91 Å². The molecule has 21 heavy (non-hydrogen) atoms. The summed E-state index contributed by atoms with van der Waals surface area (Å²) in [4.78, 5) is 14.4. The van der Waals surface area contributed by atoms with Crippen LogP contribution in [-0.2, 0) is 0 Å². The van der Waals surface area contributed by atoms with E-state index in [-0.39, 0.29) is 18.0 Å². The molecule has 2 aliphatic carbocycles. The van der Waals surface area contributed by atoms with E-state index in [4.69, 9.17) is 5.73 Å². The van der Waals surface area contributed by atoms with Gasteiger partial charge in [-0.2, -0.15) is 0 Å². The van der Waals surface area contributed by atoms with Gasteiger partial charge in [-0.1, -0.05) is 11.8 Å². The molecular formula is C17H19FN2O. The summed E-state index contributed by atoms with van der Waals surface area (Å²) in [5.74, 6) is 5.40. The van der Waals surface area contributed by atoms with Gasteiger partial charge in [-0.3, -0.25) is 4.79 Å². The third-order valence-electron chi connectivity index (χ3n) is 3.93. The zero-order chi connectivity index (χ0) is 14.8.